The summed E-state index contributed by atoms with van der Waals surface area (Å²) < 4.78 is 0. The first-order valence-corrected chi connectivity index (χ1v) is 7.78. The molecule has 3 rings (SSSR count). The predicted molar refractivity (Wildman–Crippen MR) is 79.3 cm³/mol. The fourth-order valence-electron chi connectivity index (χ4n) is 2.60. The number of hydrogen-bond donors (Lipinski definition) is 1. The van der Waals surface area contributed by atoms with Gasteiger partial charge in [-0.15, -0.1) is 0 Å². The van der Waals surface area contributed by atoms with E-state index in [9.17, 15) is 0 Å². The maximum absolute atomic E-state index is 4.31. The molecule has 3 nitrogen and oxygen atoms in total. The highest BCUT2D eigenvalue weighted by Gasteiger charge is 2.25. The van der Waals surface area contributed by atoms with Crippen molar-refractivity contribution >= 4 is 5.69 Å². The van der Waals surface area contributed by atoms with Crippen molar-refractivity contribution in [3.05, 3.63) is 24.0 Å². The van der Waals surface area contributed by atoms with Crippen LogP contribution in [0, 0.1) is 5.92 Å². The molecule has 1 heterocycles. The first kappa shape index (κ1) is 12.9. The molecule has 0 amide bonds. The summed E-state index contributed by atoms with van der Waals surface area (Å²) in [7, 11) is 0. The van der Waals surface area contributed by atoms with E-state index in [1.165, 1.54) is 49.9 Å². The molecule has 0 spiro atoms. The van der Waals surface area contributed by atoms with Crippen LogP contribution in [0.1, 0.15) is 44.6 Å². The van der Waals surface area contributed by atoms with Crippen LogP contribution in [0.15, 0.2) is 18.5 Å². The monoisotopic (exact) mass is 259 g/mol. The standard InChI is InChI=1S/C16H25N3/c1-2-9-19(12-13-3-4-13)16-7-8-17-10-14(16)11-18-15-5-6-15/h7-8,10,13,15,18H,2-6,9,11-12H2,1H3. The van der Waals surface area contributed by atoms with E-state index in [0.717, 1.165) is 25.0 Å². The Morgan fingerprint density at radius 2 is 2.16 bits per heavy atom. The molecular weight excluding hydrogens is 234 g/mol. The van der Waals surface area contributed by atoms with Crippen LogP contribution in [0.4, 0.5) is 5.69 Å². The zero-order chi connectivity index (χ0) is 13.1. The summed E-state index contributed by atoms with van der Waals surface area (Å²) in [5, 5.41) is 3.61. The molecular formula is C16H25N3. The van der Waals surface area contributed by atoms with Crippen molar-refractivity contribution in [1.82, 2.24) is 10.3 Å². The van der Waals surface area contributed by atoms with Gasteiger partial charge in [0.05, 0.1) is 0 Å². The second kappa shape index (κ2) is 5.91. The van der Waals surface area contributed by atoms with Crippen molar-refractivity contribution in [1.29, 1.82) is 0 Å². The van der Waals surface area contributed by atoms with Crippen molar-refractivity contribution in [3.63, 3.8) is 0 Å². The first-order chi connectivity index (χ1) is 9.36. The van der Waals surface area contributed by atoms with Gasteiger partial charge in [0, 0.05) is 49.3 Å². The maximum atomic E-state index is 4.31. The second-order valence-corrected chi connectivity index (χ2v) is 6.05. The first-order valence-electron chi connectivity index (χ1n) is 7.78. The normalized spacial score (nSPS) is 18.6. The fraction of sp³-hybridized carbons (Fsp3) is 0.688. The highest BCUT2D eigenvalue weighted by Crippen LogP contribution is 2.32. The van der Waals surface area contributed by atoms with E-state index >= 15 is 0 Å². The molecule has 0 atom stereocenters. The third-order valence-electron chi connectivity index (χ3n) is 4.05. The molecule has 2 aliphatic rings. The zero-order valence-corrected chi connectivity index (χ0v) is 11.9. The Kier molecular flexibility index (Phi) is 4.02. The predicted octanol–water partition coefficient (Wildman–Crippen LogP) is 2.96. The third-order valence-corrected chi connectivity index (χ3v) is 4.05. The molecule has 1 aromatic rings. The molecule has 1 N–H and O–H groups in total. The summed E-state index contributed by atoms with van der Waals surface area (Å²) in [4.78, 5) is 6.89. The lowest BCUT2D eigenvalue weighted by Gasteiger charge is -2.26. The van der Waals surface area contributed by atoms with E-state index in [1.54, 1.807) is 0 Å². The van der Waals surface area contributed by atoms with Crippen LogP contribution in [0.2, 0.25) is 0 Å². The van der Waals surface area contributed by atoms with Gasteiger partial charge in [0.15, 0.2) is 0 Å². The van der Waals surface area contributed by atoms with Crippen LogP contribution >= 0.6 is 0 Å². The van der Waals surface area contributed by atoms with Crippen LogP contribution in [-0.4, -0.2) is 24.1 Å². The molecule has 0 bridgehead atoms. The van der Waals surface area contributed by atoms with E-state index in [1.807, 2.05) is 12.4 Å². The van der Waals surface area contributed by atoms with Gasteiger partial charge < -0.3 is 10.2 Å². The molecule has 0 aromatic carbocycles. The van der Waals surface area contributed by atoms with Crippen LogP contribution in [-0.2, 0) is 6.54 Å². The van der Waals surface area contributed by atoms with Gasteiger partial charge >= 0.3 is 0 Å². The molecule has 0 unspecified atom stereocenters. The van der Waals surface area contributed by atoms with Crippen LogP contribution in [0.25, 0.3) is 0 Å². The summed E-state index contributed by atoms with van der Waals surface area (Å²) >= 11 is 0. The van der Waals surface area contributed by atoms with E-state index < -0.39 is 0 Å². The molecule has 1 aromatic heterocycles. The summed E-state index contributed by atoms with van der Waals surface area (Å²) in [5.74, 6) is 0.934. The fourth-order valence-corrected chi connectivity index (χ4v) is 2.60. The topological polar surface area (TPSA) is 28.2 Å². The molecule has 3 heteroatoms. The minimum atomic E-state index is 0.760. The average Bonchev–Trinajstić information content (AvgIpc) is 3.31. The van der Waals surface area contributed by atoms with E-state index in [4.69, 9.17) is 0 Å². The maximum Gasteiger partial charge on any atom is 0.0442 e. The Hall–Kier alpha value is -1.09. The lowest BCUT2D eigenvalue weighted by molar-refractivity contribution is 0.669. The summed E-state index contributed by atoms with van der Waals surface area (Å²) in [6.45, 7) is 5.63. The third kappa shape index (κ3) is 3.69. The van der Waals surface area contributed by atoms with Gasteiger partial charge in [-0.1, -0.05) is 6.92 Å². The number of anilines is 1. The van der Waals surface area contributed by atoms with Gasteiger partial charge in [-0.2, -0.15) is 0 Å². The van der Waals surface area contributed by atoms with Crippen molar-refractivity contribution in [3.8, 4) is 0 Å². The number of aromatic nitrogens is 1. The Morgan fingerprint density at radius 3 is 2.84 bits per heavy atom. The largest absolute Gasteiger partial charge is 0.371 e. The zero-order valence-electron chi connectivity index (χ0n) is 11.9. The summed E-state index contributed by atoms with van der Waals surface area (Å²) in [5.41, 5.74) is 2.76. The van der Waals surface area contributed by atoms with Gasteiger partial charge in [-0.3, -0.25) is 4.98 Å². The number of nitrogens with zero attached hydrogens (tertiary/aromatic N) is 2. The lowest BCUT2D eigenvalue weighted by atomic mass is 10.2. The van der Waals surface area contributed by atoms with Crippen molar-refractivity contribution < 1.29 is 0 Å². The van der Waals surface area contributed by atoms with E-state index in [-0.39, 0.29) is 0 Å². The van der Waals surface area contributed by atoms with Crippen molar-refractivity contribution in [2.45, 2.75) is 51.6 Å². The number of nitrogens with one attached hydrogen (secondary N) is 1. The van der Waals surface area contributed by atoms with E-state index in [2.05, 4.69) is 28.2 Å². The highest BCUT2D eigenvalue weighted by molar-refractivity contribution is 5.52. The molecule has 0 saturated heterocycles. The number of pyridine rings is 1. The van der Waals surface area contributed by atoms with Gasteiger partial charge in [0.1, 0.15) is 0 Å². The minimum Gasteiger partial charge on any atom is -0.371 e. The van der Waals surface area contributed by atoms with Gasteiger partial charge in [0.25, 0.3) is 0 Å². The summed E-state index contributed by atoms with van der Waals surface area (Å²) in [6, 6.07) is 2.96. The molecule has 19 heavy (non-hydrogen) atoms. The Bertz CT molecular complexity index is 410. The van der Waals surface area contributed by atoms with Crippen LogP contribution in [0.3, 0.4) is 0 Å². The van der Waals surface area contributed by atoms with Crippen LogP contribution < -0.4 is 10.2 Å². The van der Waals surface area contributed by atoms with E-state index in [0.29, 0.717) is 0 Å². The van der Waals surface area contributed by atoms with Crippen molar-refractivity contribution in [2.24, 2.45) is 5.92 Å². The lowest BCUT2D eigenvalue weighted by Crippen LogP contribution is -2.28. The number of hydrogen-bond acceptors (Lipinski definition) is 3. The average molecular weight is 259 g/mol. The Balaban J connectivity index is 1.70. The molecule has 2 aliphatic carbocycles. The molecule has 104 valence electrons. The SMILES string of the molecule is CCCN(CC1CC1)c1ccncc1CNC1CC1. The highest BCUT2D eigenvalue weighted by atomic mass is 15.1. The summed E-state index contributed by atoms with van der Waals surface area (Å²) in [6.07, 6.45) is 10.7. The smallest absolute Gasteiger partial charge is 0.0442 e. The molecule has 2 fully saturated rings. The number of rotatable bonds is 8. The van der Waals surface area contributed by atoms with Crippen LogP contribution in [0.5, 0.6) is 0 Å². The second-order valence-electron chi connectivity index (χ2n) is 6.05. The molecule has 2 saturated carbocycles. The molecule has 0 radical (unpaired) electrons. The Labute approximate surface area is 116 Å². The van der Waals surface area contributed by atoms with Gasteiger partial charge in [0.2, 0.25) is 0 Å². The van der Waals surface area contributed by atoms with Crippen molar-refractivity contribution in [2.75, 3.05) is 18.0 Å². The molecule has 0 aliphatic heterocycles. The quantitative estimate of drug-likeness (QED) is 0.778. The van der Waals surface area contributed by atoms with Gasteiger partial charge in [-0.05, 0) is 44.1 Å². The van der Waals surface area contributed by atoms with Gasteiger partial charge in [-0.25, -0.2) is 0 Å². The Morgan fingerprint density at radius 1 is 1.32 bits per heavy atom. The minimum absolute atomic E-state index is 0.760.